The molecule has 0 saturated heterocycles. The standard InChI is InChI=1S/C14H11F6NO5/c1-25-10(23)8(9(22)21-7-5-3-2-4-6-7)11(24)26-12(13(15,16)17)14(18,19)20/h2-6,12,23H,1H3,(H,21,22)/b10-8-. The number of rotatable bonds is 5. The Hall–Kier alpha value is -2.92. The molecule has 0 aliphatic carbocycles. The van der Waals surface area contributed by atoms with Crippen LogP contribution in [0.25, 0.3) is 0 Å². The molecule has 1 aromatic carbocycles. The van der Waals surface area contributed by atoms with Crippen molar-refractivity contribution >= 4 is 17.6 Å². The maximum atomic E-state index is 12.5. The van der Waals surface area contributed by atoms with Crippen molar-refractivity contribution < 1.29 is 50.5 Å². The highest BCUT2D eigenvalue weighted by atomic mass is 19.4. The second-order valence-corrected chi connectivity index (χ2v) is 4.57. The first kappa shape index (κ1) is 21.1. The number of nitrogens with one attached hydrogen (secondary N) is 1. The van der Waals surface area contributed by atoms with Crippen molar-refractivity contribution in [3.8, 4) is 0 Å². The van der Waals surface area contributed by atoms with Crippen LogP contribution in [0, 0.1) is 0 Å². The number of para-hydroxylation sites is 1. The molecule has 2 N–H and O–H groups in total. The third-order valence-electron chi connectivity index (χ3n) is 2.69. The molecule has 0 fully saturated rings. The lowest BCUT2D eigenvalue weighted by molar-refractivity contribution is -0.312. The molecule has 1 amide bonds. The van der Waals surface area contributed by atoms with E-state index in [2.05, 4.69) is 9.47 Å². The molecule has 0 bridgehead atoms. The predicted molar refractivity (Wildman–Crippen MR) is 73.7 cm³/mol. The zero-order chi connectivity index (χ0) is 20.1. The first-order chi connectivity index (χ1) is 11.9. The lowest BCUT2D eigenvalue weighted by atomic mass is 10.2. The second kappa shape index (κ2) is 7.97. The normalized spacial score (nSPS) is 13.1. The van der Waals surface area contributed by atoms with Gasteiger partial charge in [-0.15, -0.1) is 0 Å². The summed E-state index contributed by atoms with van der Waals surface area (Å²) in [5.41, 5.74) is -1.54. The van der Waals surface area contributed by atoms with Gasteiger partial charge in [0.2, 0.25) is 5.57 Å². The zero-order valence-corrected chi connectivity index (χ0v) is 12.8. The largest absolute Gasteiger partial charge is 0.480 e. The zero-order valence-electron chi connectivity index (χ0n) is 12.8. The van der Waals surface area contributed by atoms with Crippen molar-refractivity contribution in [2.24, 2.45) is 0 Å². The Kier molecular flexibility index (Phi) is 6.48. The minimum atomic E-state index is -5.99. The van der Waals surface area contributed by atoms with Gasteiger partial charge in [-0.2, -0.15) is 26.3 Å². The minimum Gasteiger partial charge on any atom is -0.480 e. The Morgan fingerprint density at radius 3 is 1.96 bits per heavy atom. The lowest BCUT2D eigenvalue weighted by Crippen LogP contribution is -2.46. The molecule has 26 heavy (non-hydrogen) atoms. The summed E-state index contributed by atoms with van der Waals surface area (Å²) in [5, 5.41) is 11.4. The summed E-state index contributed by atoms with van der Waals surface area (Å²) in [6.07, 6.45) is -16.5. The van der Waals surface area contributed by atoms with Gasteiger partial charge >= 0.3 is 18.3 Å². The molecular formula is C14H11F6NO5. The Morgan fingerprint density at radius 1 is 1.04 bits per heavy atom. The maximum absolute atomic E-state index is 12.5. The minimum absolute atomic E-state index is 0.0369. The van der Waals surface area contributed by atoms with E-state index in [4.69, 9.17) is 0 Å². The fourth-order valence-corrected chi connectivity index (χ4v) is 1.58. The first-order valence-electron chi connectivity index (χ1n) is 6.56. The molecular weight excluding hydrogens is 376 g/mol. The molecule has 0 aliphatic rings. The van der Waals surface area contributed by atoms with Crippen LogP contribution >= 0.6 is 0 Å². The number of halogens is 6. The molecule has 1 aromatic rings. The fraction of sp³-hybridized carbons (Fsp3) is 0.286. The summed E-state index contributed by atoms with van der Waals surface area (Å²) in [7, 11) is 0.726. The van der Waals surface area contributed by atoms with Crippen LogP contribution in [-0.2, 0) is 19.1 Å². The number of amides is 1. The van der Waals surface area contributed by atoms with Crippen molar-refractivity contribution in [2.45, 2.75) is 18.5 Å². The smallest absolute Gasteiger partial charge is 0.434 e. The van der Waals surface area contributed by atoms with Crippen LogP contribution in [-0.4, -0.2) is 42.5 Å². The van der Waals surface area contributed by atoms with Crippen LogP contribution in [0.4, 0.5) is 32.0 Å². The number of benzene rings is 1. The van der Waals surface area contributed by atoms with Crippen molar-refractivity contribution in [3.05, 3.63) is 41.9 Å². The average Bonchev–Trinajstić information content (AvgIpc) is 2.51. The van der Waals surface area contributed by atoms with Gasteiger partial charge in [-0.1, -0.05) is 18.2 Å². The van der Waals surface area contributed by atoms with Crippen molar-refractivity contribution in [1.29, 1.82) is 0 Å². The molecule has 1 rings (SSSR count). The number of anilines is 1. The summed E-state index contributed by atoms with van der Waals surface area (Å²) in [6, 6.07) is 7.04. The molecule has 144 valence electrons. The van der Waals surface area contributed by atoms with Crippen LogP contribution in [0.2, 0.25) is 0 Å². The SMILES string of the molecule is CO/C(O)=C(/C(=O)Nc1ccccc1)C(=O)OC(C(F)(F)F)C(F)(F)F. The van der Waals surface area contributed by atoms with E-state index in [1.54, 1.807) is 6.07 Å². The van der Waals surface area contributed by atoms with Crippen molar-refractivity contribution in [2.75, 3.05) is 12.4 Å². The maximum Gasteiger partial charge on any atom is 0.434 e. The molecule has 0 aromatic heterocycles. The molecule has 0 radical (unpaired) electrons. The number of hydrogen-bond donors (Lipinski definition) is 2. The summed E-state index contributed by atoms with van der Waals surface area (Å²) in [5.74, 6) is -5.44. The van der Waals surface area contributed by atoms with Gasteiger partial charge < -0.3 is 19.9 Å². The van der Waals surface area contributed by atoms with E-state index in [1.165, 1.54) is 24.3 Å². The fourth-order valence-electron chi connectivity index (χ4n) is 1.58. The van der Waals surface area contributed by atoms with Crippen molar-refractivity contribution in [1.82, 2.24) is 0 Å². The molecule has 0 atom stereocenters. The van der Waals surface area contributed by atoms with Crippen LogP contribution in [0.15, 0.2) is 41.9 Å². The van der Waals surface area contributed by atoms with Gasteiger partial charge in [0.15, 0.2) is 0 Å². The van der Waals surface area contributed by atoms with Crippen LogP contribution in [0.5, 0.6) is 0 Å². The topological polar surface area (TPSA) is 84.9 Å². The molecule has 0 spiro atoms. The summed E-state index contributed by atoms with van der Waals surface area (Å²) >= 11 is 0. The van der Waals surface area contributed by atoms with Gasteiger partial charge in [-0.05, 0) is 12.1 Å². The highest BCUT2D eigenvalue weighted by Crippen LogP contribution is 2.36. The lowest BCUT2D eigenvalue weighted by Gasteiger charge is -2.23. The van der Waals surface area contributed by atoms with Gasteiger partial charge in [0.1, 0.15) is 0 Å². The molecule has 0 unspecified atom stereocenters. The number of alkyl halides is 6. The Balaban J connectivity index is 3.13. The molecule has 0 saturated carbocycles. The number of carbonyl (C=O) groups is 2. The average molecular weight is 387 g/mol. The highest BCUT2D eigenvalue weighted by molar-refractivity contribution is 6.21. The Labute approximate surface area is 142 Å². The van der Waals surface area contributed by atoms with E-state index in [1.807, 2.05) is 5.32 Å². The van der Waals surface area contributed by atoms with Gasteiger partial charge in [0, 0.05) is 5.69 Å². The number of ether oxygens (including phenoxy) is 2. The Bertz CT molecular complexity index is 669. The van der Waals surface area contributed by atoms with Gasteiger partial charge in [0.25, 0.3) is 18.0 Å². The third kappa shape index (κ3) is 5.57. The van der Waals surface area contributed by atoms with E-state index in [-0.39, 0.29) is 5.69 Å². The van der Waals surface area contributed by atoms with Crippen LogP contribution in [0.3, 0.4) is 0 Å². The van der Waals surface area contributed by atoms with Crippen molar-refractivity contribution in [3.63, 3.8) is 0 Å². The number of esters is 1. The highest BCUT2D eigenvalue weighted by Gasteiger charge is 2.60. The monoisotopic (exact) mass is 387 g/mol. The third-order valence-corrected chi connectivity index (χ3v) is 2.69. The first-order valence-corrected chi connectivity index (χ1v) is 6.56. The van der Waals surface area contributed by atoms with Gasteiger partial charge in [-0.25, -0.2) is 4.79 Å². The summed E-state index contributed by atoms with van der Waals surface area (Å²) in [4.78, 5) is 23.7. The van der Waals surface area contributed by atoms with Crippen LogP contribution in [0.1, 0.15) is 0 Å². The van der Waals surface area contributed by atoms with Gasteiger partial charge in [0.05, 0.1) is 7.11 Å². The molecule has 0 heterocycles. The van der Waals surface area contributed by atoms with Crippen LogP contribution < -0.4 is 5.32 Å². The van der Waals surface area contributed by atoms with Gasteiger partial charge in [-0.3, -0.25) is 4.79 Å². The van der Waals surface area contributed by atoms with E-state index >= 15 is 0 Å². The predicted octanol–water partition coefficient (Wildman–Crippen LogP) is 3.08. The molecule has 6 nitrogen and oxygen atoms in total. The number of hydrogen-bond acceptors (Lipinski definition) is 5. The molecule has 12 heteroatoms. The number of methoxy groups -OCH3 is 1. The number of aliphatic hydroxyl groups is 1. The van der Waals surface area contributed by atoms with E-state index < -0.39 is 41.9 Å². The Morgan fingerprint density at radius 2 is 1.54 bits per heavy atom. The van der Waals surface area contributed by atoms with E-state index in [0.29, 0.717) is 0 Å². The number of aliphatic hydroxyl groups excluding tert-OH is 1. The van der Waals surface area contributed by atoms with E-state index in [0.717, 1.165) is 7.11 Å². The van der Waals surface area contributed by atoms with E-state index in [9.17, 15) is 41.0 Å². The quantitative estimate of drug-likeness (QED) is 0.203. The second-order valence-electron chi connectivity index (χ2n) is 4.57. The summed E-state index contributed by atoms with van der Waals surface area (Å²) in [6.45, 7) is 0. The number of carbonyl (C=O) groups excluding carboxylic acids is 2. The molecule has 0 aliphatic heterocycles. The summed E-state index contributed by atoms with van der Waals surface area (Å²) < 4.78 is 82.3.